The predicted molar refractivity (Wildman–Crippen MR) is 84.8 cm³/mol. The number of nitrogens with zero attached hydrogens (tertiary/aromatic N) is 1. The van der Waals surface area contributed by atoms with Gasteiger partial charge in [-0.1, -0.05) is 25.4 Å². The van der Waals surface area contributed by atoms with Crippen LogP contribution in [0.2, 0.25) is 5.02 Å². The van der Waals surface area contributed by atoms with Gasteiger partial charge in [-0.05, 0) is 29.7 Å². The molecule has 0 amide bonds. The van der Waals surface area contributed by atoms with Gasteiger partial charge in [-0.2, -0.15) is 4.31 Å². The van der Waals surface area contributed by atoms with Crippen molar-refractivity contribution in [2.75, 3.05) is 26.8 Å². The Balaban J connectivity index is 3.14. The zero-order valence-electron chi connectivity index (χ0n) is 12.7. The van der Waals surface area contributed by atoms with E-state index in [0.29, 0.717) is 30.3 Å². The van der Waals surface area contributed by atoms with Crippen molar-refractivity contribution in [3.63, 3.8) is 0 Å². The van der Waals surface area contributed by atoms with E-state index in [0.717, 1.165) is 0 Å². The van der Waals surface area contributed by atoms with Crippen LogP contribution in [0.1, 0.15) is 19.4 Å². The van der Waals surface area contributed by atoms with Gasteiger partial charge in [0, 0.05) is 31.8 Å². The van der Waals surface area contributed by atoms with E-state index in [-0.39, 0.29) is 17.4 Å². The summed E-state index contributed by atoms with van der Waals surface area (Å²) in [5, 5.41) is 0.476. The quantitative estimate of drug-likeness (QED) is 0.790. The first kappa shape index (κ1) is 18.4. The third kappa shape index (κ3) is 4.93. The number of sulfonamides is 1. The van der Waals surface area contributed by atoms with Crippen molar-refractivity contribution >= 4 is 21.6 Å². The SMILES string of the molecule is COCCN(CC(C)C)S(=O)(=O)c1ccc(Cl)c(CN)c1. The number of ether oxygens (including phenoxy) is 1. The van der Waals surface area contributed by atoms with E-state index >= 15 is 0 Å². The maximum Gasteiger partial charge on any atom is 0.243 e. The molecule has 1 aromatic rings. The Morgan fingerprint density at radius 2 is 2.05 bits per heavy atom. The first-order chi connectivity index (χ1) is 9.82. The average Bonchev–Trinajstić information content (AvgIpc) is 2.43. The lowest BCUT2D eigenvalue weighted by molar-refractivity contribution is 0.175. The highest BCUT2D eigenvalue weighted by Gasteiger charge is 2.25. The molecule has 0 saturated carbocycles. The molecule has 0 aliphatic heterocycles. The van der Waals surface area contributed by atoms with Crippen molar-refractivity contribution in [1.82, 2.24) is 4.31 Å². The largest absolute Gasteiger partial charge is 0.383 e. The minimum absolute atomic E-state index is 0.199. The molecule has 5 nitrogen and oxygen atoms in total. The lowest BCUT2D eigenvalue weighted by atomic mass is 10.2. The van der Waals surface area contributed by atoms with Gasteiger partial charge in [-0.25, -0.2) is 8.42 Å². The maximum atomic E-state index is 12.7. The molecule has 0 aliphatic rings. The van der Waals surface area contributed by atoms with Crippen LogP contribution in [0.3, 0.4) is 0 Å². The number of methoxy groups -OCH3 is 1. The van der Waals surface area contributed by atoms with Crippen molar-refractivity contribution in [2.24, 2.45) is 11.7 Å². The van der Waals surface area contributed by atoms with Gasteiger partial charge in [0.15, 0.2) is 0 Å². The Hall–Kier alpha value is -0.660. The number of benzene rings is 1. The van der Waals surface area contributed by atoms with Crippen LogP contribution >= 0.6 is 11.6 Å². The normalized spacial score (nSPS) is 12.3. The van der Waals surface area contributed by atoms with E-state index < -0.39 is 10.0 Å². The van der Waals surface area contributed by atoms with E-state index in [9.17, 15) is 8.42 Å². The predicted octanol–water partition coefficient (Wildman–Crippen LogP) is 2.09. The Kier molecular flexibility index (Phi) is 7.09. The summed E-state index contributed by atoms with van der Waals surface area (Å²) in [6, 6.07) is 4.62. The fraction of sp³-hybridized carbons (Fsp3) is 0.571. The molecule has 2 N–H and O–H groups in total. The number of rotatable bonds is 8. The molecule has 0 spiro atoms. The van der Waals surface area contributed by atoms with Gasteiger partial charge < -0.3 is 10.5 Å². The van der Waals surface area contributed by atoms with Crippen molar-refractivity contribution < 1.29 is 13.2 Å². The number of halogens is 1. The van der Waals surface area contributed by atoms with Gasteiger partial charge in [-0.15, -0.1) is 0 Å². The van der Waals surface area contributed by atoms with Gasteiger partial charge in [0.25, 0.3) is 0 Å². The summed E-state index contributed by atoms with van der Waals surface area (Å²) in [6.07, 6.45) is 0. The Morgan fingerprint density at radius 1 is 1.38 bits per heavy atom. The van der Waals surface area contributed by atoms with Gasteiger partial charge in [0.2, 0.25) is 10.0 Å². The Labute approximate surface area is 132 Å². The third-order valence-electron chi connectivity index (χ3n) is 2.99. The van der Waals surface area contributed by atoms with E-state index in [1.807, 2.05) is 13.8 Å². The third-order valence-corrected chi connectivity index (χ3v) is 5.22. The maximum absolute atomic E-state index is 12.7. The summed E-state index contributed by atoms with van der Waals surface area (Å²) in [7, 11) is -2.03. The van der Waals surface area contributed by atoms with Crippen LogP contribution in [-0.2, 0) is 21.3 Å². The van der Waals surface area contributed by atoms with Crippen LogP contribution in [0.15, 0.2) is 23.1 Å². The van der Waals surface area contributed by atoms with Crippen molar-refractivity contribution in [1.29, 1.82) is 0 Å². The average molecular weight is 335 g/mol. The second kappa shape index (κ2) is 8.10. The summed E-state index contributed by atoms with van der Waals surface area (Å²) in [6.45, 7) is 5.25. The number of nitrogens with two attached hydrogens (primary N) is 1. The van der Waals surface area contributed by atoms with Crippen LogP contribution in [0.4, 0.5) is 0 Å². The fourth-order valence-corrected chi connectivity index (χ4v) is 3.76. The van der Waals surface area contributed by atoms with E-state index in [2.05, 4.69) is 0 Å². The van der Waals surface area contributed by atoms with Gasteiger partial charge in [0.1, 0.15) is 0 Å². The van der Waals surface area contributed by atoms with Crippen LogP contribution in [0.25, 0.3) is 0 Å². The fourth-order valence-electron chi connectivity index (χ4n) is 1.93. The zero-order chi connectivity index (χ0) is 16.0. The smallest absolute Gasteiger partial charge is 0.243 e. The lowest BCUT2D eigenvalue weighted by Crippen LogP contribution is -2.36. The molecule has 0 fully saturated rings. The highest BCUT2D eigenvalue weighted by Crippen LogP contribution is 2.23. The monoisotopic (exact) mass is 334 g/mol. The Morgan fingerprint density at radius 3 is 2.57 bits per heavy atom. The highest BCUT2D eigenvalue weighted by molar-refractivity contribution is 7.89. The first-order valence-electron chi connectivity index (χ1n) is 6.80. The molecule has 0 atom stereocenters. The van der Waals surface area contributed by atoms with Crippen LogP contribution in [0, 0.1) is 5.92 Å². The molecule has 120 valence electrons. The summed E-state index contributed by atoms with van der Waals surface area (Å²) in [4.78, 5) is 0.212. The standard InChI is InChI=1S/C14H23ClN2O3S/c1-11(2)10-17(6-7-20-3)21(18,19)13-4-5-14(15)12(8-13)9-16/h4-5,8,11H,6-7,9-10,16H2,1-3H3. The molecule has 21 heavy (non-hydrogen) atoms. The molecule has 0 unspecified atom stereocenters. The topological polar surface area (TPSA) is 72.6 Å². The molecular weight excluding hydrogens is 312 g/mol. The second-order valence-electron chi connectivity index (χ2n) is 5.21. The summed E-state index contributed by atoms with van der Waals surface area (Å²) in [5.74, 6) is 0.220. The molecular formula is C14H23ClN2O3S. The van der Waals surface area contributed by atoms with Crippen LogP contribution in [-0.4, -0.2) is 39.5 Å². The molecule has 0 bridgehead atoms. The Bertz CT molecular complexity index is 561. The van der Waals surface area contributed by atoms with Crippen molar-refractivity contribution in [2.45, 2.75) is 25.3 Å². The molecule has 0 aromatic heterocycles. The van der Waals surface area contributed by atoms with Crippen molar-refractivity contribution in [3.05, 3.63) is 28.8 Å². The first-order valence-corrected chi connectivity index (χ1v) is 8.62. The van der Waals surface area contributed by atoms with E-state index in [1.165, 1.54) is 16.4 Å². The summed E-state index contributed by atoms with van der Waals surface area (Å²) >= 11 is 5.99. The van der Waals surface area contributed by atoms with Crippen molar-refractivity contribution in [3.8, 4) is 0 Å². The number of hydrogen-bond donors (Lipinski definition) is 1. The second-order valence-corrected chi connectivity index (χ2v) is 7.55. The molecule has 1 aromatic carbocycles. The zero-order valence-corrected chi connectivity index (χ0v) is 14.2. The molecule has 0 aliphatic carbocycles. The van der Waals surface area contributed by atoms with Crippen LogP contribution in [0.5, 0.6) is 0 Å². The van der Waals surface area contributed by atoms with Crippen LogP contribution < -0.4 is 5.73 Å². The lowest BCUT2D eigenvalue weighted by Gasteiger charge is -2.24. The summed E-state index contributed by atoms with van der Waals surface area (Å²) < 4.78 is 31.9. The minimum atomic E-state index is -3.58. The molecule has 0 heterocycles. The van der Waals surface area contributed by atoms with E-state index in [4.69, 9.17) is 22.1 Å². The molecule has 1 rings (SSSR count). The van der Waals surface area contributed by atoms with Gasteiger partial charge in [-0.3, -0.25) is 0 Å². The van der Waals surface area contributed by atoms with E-state index in [1.54, 1.807) is 13.2 Å². The van der Waals surface area contributed by atoms with Gasteiger partial charge in [0.05, 0.1) is 11.5 Å². The minimum Gasteiger partial charge on any atom is -0.383 e. The number of hydrogen-bond acceptors (Lipinski definition) is 4. The highest BCUT2D eigenvalue weighted by atomic mass is 35.5. The molecule has 0 radical (unpaired) electrons. The molecule has 7 heteroatoms. The van der Waals surface area contributed by atoms with Gasteiger partial charge >= 0.3 is 0 Å². The molecule has 0 saturated heterocycles. The summed E-state index contributed by atoms with van der Waals surface area (Å²) in [5.41, 5.74) is 6.21.